The largest absolute Gasteiger partial charge is 0.343 e. The molecule has 1 aliphatic carbocycles. The molecule has 3 nitrogen and oxygen atoms in total. The van der Waals surface area contributed by atoms with Crippen LogP contribution < -0.4 is 15.5 Å². The van der Waals surface area contributed by atoms with E-state index in [4.69, 9.17) is 11.6 Å². The number of rotatable bonds is 8. The lowest BCUT2D eigenvalue weighted by atomic mass is 9.76. The first kappa shape index (κ1) is 18.5. The van der Waals surface area contributed by atoms with Gasteiger partial charge in [0.05, 0.1) is 32.2 Å². The van der Waals surface area contributed by atoms with E-state index in [0.717, 1.165) is 18.0 Å². The van der Waals surface area contributed by atoms with Gasteiger partial charge in [-0.15, -0.1) is 11.6 Å². The van der Waals surface area contributed by atoms with E-state index in [1.165, 1.54) is 64.7 Å². The summed E-state index contributed by atoms with van der Waals surface area (Å²) in [5, 5.41) is 6.95. The Balaban J connectivity index is 1.72. The summed E-state index contributed by atoms with van der Waals surface area (Å²) in [7, 11) is 0. The second-order valence-corrected chi connectivity index (χ2v) is 8.19. The van der Waals surface area contributed by atoms with Gasteiger partial charge in [0.25, 0.3) is 0 Å². The van der Waals surface area contributed by atoms with Crippen molar-refractivity contribution < 1.29 is 10.2 Å². The number of fused-ring (bicyclic) bond motifs is 1. The minimum absolute atomic E-state index is 0.422. The molecule has 4 heteroatoms. The number of halogens is 1. The minimum Gasteiger partial charge on any atom is -0.343 e. The molecule has 0 radical (unpaired) electrons. The number of nitrogens with one attached hydrogen (secondary N) is 2. The highest BCUT2D eigenvalue weighted by molar-refractivity contribution is 6.20. The highest BCUT2D eigenvalue weighted by atomic mass is 35.5. The van der Waals surface area contributed by atoms with Gasteiger partial charge in [-0.25, -0.2) is 0 Å². The van der Waals surface area contributed by atoms with Crippen LogP contribution in [0.3, 0.4) is 0 Å². The van der Waals surface area contributed by atoms with Crippen LogP contribution in [0.1, 0.15) is 59.3 Å². The Morgan fingerprint density at radius 1 is 1.23 bits per heavy atom. The Morgan fingerprint density at radius 3 is 2.73 bits per heavy atom. The van der Waals surface area contributed by atoms with E-state index in [-0.39, 0.29) is 0 Å². The van der Waals surface area contributed by atoms with Crippen LogP contribution in [0.2, 0.25) is 0 Å². The van der Waals surface area contributed by atoms with Crippen molar-refractivity contribution in [2.24, 2.45) is 5.92 Å². The van der Waals surface area contributed by atoms with Crippen molar-refractivity contribution in [2.75, 3.05) is 26.2 Å². The molecule has 5 unspecified atom stereocenters. The summed E-state index contributed by atoms with van der Waals surface area (Å²) >= 11 is 6.37. The Hall–Kier alpha value is 0.170. The van der Waals surface area contributed by atoms with Crippen LogP contribution in [0, 0.1) is 5.92 Å². The highest BCUT2D eigenvalue weighted by Crippen LogP contribution is 2.31. The lowest BCUT2D eigenvalue weighted by Crippen LogP contribution is -3.11. The predicted molar refractivity (Wildman–Crippen MR) is 94.7 cm³/mol. The molecular formula is C18H38ClN3+2. The fourth-order valence-electron chi connectivity index (χ4n) is 4.57. The zero-order valence-electron chi connectivity index (χ0n) is 14.9. The third-order valence-corrected chi connectivity index (χ3v) is 6.42. The van der Waals surface area contributed by atoms with E-state index in [1.54, 1.807) is 4.90 Å². The smallest absolute Gasteiger partial charge is 0.0916 e. The summed E-state index contributed by atoms with van der Waals surface area (Å²) in [4.78, 5) is 1.74. The van der Waals surface area contributed by atoms with Gasteiger partial charge in [-0.3, -0.25) is 0 Å². The molecule has 0 aromatic carbocycles. The fraction of sp³-hybridized carbons (Fsp3) is 1.00. The Bertz CT molecular complexity index is 309. The second kappa shape index (κ2) is 9.46. The van der Waals surface area contributed by atoms with Crippen molar-refractivity contribution in [3.8, 4) is 0 Å². The SMILES string of the molecule is CC[NH+](CC)CCCC(C)NC1CC[NH2+]C2CC(Cl)CCC12. The van der Waals surface area contributed by atoms with Gasteiger partial charge in [0.1, 0.15) is 0 Å². The first-order valence-electron chi connectivity index (χ1n) is 9.71. The number of quaternary nitrogens is 2. The monoisotopic (exact) mass is 331 g/mol. The molecule has 2 aliphatic rings. The molecule has 0 aromatic rings. The predicted octanol–water partition coefficient (Wildman–Crippen LogP) is 0.781. The molecule has 0 spiro atoms. The highest BCUT2D eigenvalue weighted by Gasteiger charge is 2.40. The Kier molecular flexibility index (Phi) is 7.96. The van der Waals surface area contributed by atoms with Crippen molar-refractivity contribution in [1.82, 2.24) is 5.32 Å². The minimum atomic E-state index is 0.422. The molecule has 1 aliphatic heterocycles. The maximum absolute atomic E-state index is 6.37. The number of alkyl halides is 1. The van der Waals surface area contributed by atoms with Crippen LogP contribution in [0.5, 0.6) is 0 Å². The van der Waals surface area contributed by atoms with E-state index in [0.29, 0.717) is 11.4 Å². The van der Waals surface area contributed by atoms with Gasteiger partial charge >= 0.3 is 0 Å². The summed E-state index contributed by atoms with van der Waals surface area (Å²) in [5.41, 5.74) is 0. The summed E-state index contributed by atoms with van der Waals surface area (Å²) in [5.74, 6) is 0.847. The van der Waals surface area contributed by atoms with Crippen LogP contribution in [0.25, 0.3) is 0 Å². The summed E-state index contributed by atoms with van der Waals surface area (Å²) in [6.45, 7) is 12.1. The average molecular weight is 332 g/mol. The first-order valence-corrected chi connectivity index (χ1v) is 10.1. The standard InChI is InChI=1S/C18H36ClN3/c1-4-22(5-2)12-6-7-14(3)21-17-10-11-20-18-13-15(19)8-9-16(17)18/h14-18,20-21H,4-13H2,1-3H3/p+2. The zero-order valence-corrected chi connectivity index (χ0v) is 15.7. The van der Waals surface area contributed by atoms with Crippen molar-refractivity contribution in [3.05, 3.63) is 0 Å². The Labute approximate surface area is 142 Å². The van der Waals surface area contributed by atoms with E-state index < -0.39 is 0 Å². The van der Waals surface area contributed by atoms with Crippen LogP contribution in [0.15, 0.2) is 0 Å². The van der Waals surface area contributed by atoms with Gasteiger partial charge in [-0.1, -0.05) is 0 Å². The zero-order chi connectivity index (χ0) is 15.9. The second-order valence-electron chi connectivity index (χ2n) is 7.57. The number of nitrogens with two attached hydrogens (primary N) is 1. The number of hydrogen-bond acceptors (Lipinski definition) is 1. The molecule has 2 fully saturated rings. The van der Waals surface area contributed by atoms with Crippen molar-refractivity contribution in [1.29, 1.82) is 0 Å². The van der Waals surface area contributed by atoms with Crippen LogP contribution in [-0.4, -0.2) is 49.7 Å². The Morgan fingerprint density at radius 2 is 2.00 bits per heavy atom. The molecule has 2 rings (SSSR count). The molecule has 1 heterocycles. The van der Waals surface area contributed by atoms with Gasteiger partial charge in [0, 0.05) is 36.2 Å². The normalized spacial score (nSPS) is 33.7. The van der Waals surface area contributed by atoms with E-state index in [1.807, 2.05) is 0 Å². The summed E-state index contributed by atoms with van der Waals surface area (Å²) < 4.78 is 0. The van der Waals surface area contributed by atoms with Crippen molar-refractivity contribution in [3.63, 3.8) is 0 Å². The van der Waals surface area contributed by atoms with Gasteiger partial charge in [-0.05, 0) is 46.5 Å². The lowest BCUT2D eigenvalue weighted by molar-refractivity contribution is -0.896. The summed E-state index contributed by atoms with van der Waals surface area (Å²) in [6, 6.07) is 2.16. The van der Waals surface area contributed by atoms with Crippen molar-refractivity contribution in [2.45, 2.75) is 82.8 Å². The molecule has 0 aromatic heterocycles. The van der Waals surface area contributed by atoms with Gasteiger partial charge in [0.15, 0.2) is 0 Å². The molecule has 4 N–H and O–H groups in total. The third kappa shape index (κ3) is 5.36. The topological polar surface area (TPSA) is 33.1 Å². The van der Waals surface area contributed by atoms with Gasteiger partial charge < -0.3 is 15.5 Å². The van der Waals surface area contributed by atoms with Gasteiger partial charge in [-0.2, -0.15) is 0 Å². The van der Waals surface area contributed by atoms with Crippen molar-refractivity contribution >= 4 is 11.6 Å². The molecular weight excluding hydrogens is 294 g/mol. The quantitative estimate of drug-likeness (QED) is 0.564. The van der Waals surface area contributed by atoms with Crippen LogP contribution in [0.4, 0.5) is 0 Å². The molecule has 0 amide bonds. The molecule has 1 saturated carbocycles. The van der Waals surface area contributed by atoms with Gasteiger partial charge in [0.2, 0.25) is 0 Å². The van der Waals surface area contributed by atoms with Crippen LogP contribution in [-0.2, 0) is 0 Å². The maximum atomic E-state index is 6.37. The fourth-order valence-corrected chi connectivity index (χ4v) is 4.90. The number of hydrogen-bond donors (Lipinski definition) is 3. The molecule has 1 saturated heterocycles. The average Bonchev–Trinajstić information content (AvgIpc) is 2.51. The number of piperidine rings is 1. The lowest BCUT2D eigenvalue weighted by Gasteiger charge is -2.42. The molecule has 5 atom stereocenters. The molecule has 130 valence electrons. The van der Waals surface area contributed by atoms with Crippen LogP contribution >= 0.6 is 11.6 Å². The molecule has 0 bridgehead atoms. The molecule has 22 heavy (non-hydrogen) atoms. The summed E-state index contributed by atoms with van der Waals surface area (Å²) in [6.07, 6.45) is 7.75. The van der Waals surface area contributed by atoms with E-state index in [9.17, 15) is 0 Å². The maximum Gasteiger partial charge on any atom is 0.0916 e. The van der Waals surface area contributed by atoms with E-state index in [2.05, 4.69) is 31.4 Å². The third-order valence-electron chi connectivity index (χ3n) is 6.02. The first-order chi connectivity index (χ1) is 10.6. The van der Waals surface area contributed by atoms with E-state index >= 15 is 0 Å².